The third-order valence-electron chi connectivity index (χ3n) is 3.96. The molecule has 0 unspecified atom stereocenters. The van der Waals surface area contributed by atoms with Crippen molar-refractivity contribution in [2.45, 2.75) is 18.9 Å². The Labute approximate surface area is 159 Å². The summed E-state index contributed by atoms with van der Waals surface area (Å²) in [5, 5.41) is 14.0. The Balaban J connectivity index is 1.77. The summed E-state index contributed by atoms with van der Waals surface area (Å²) in [6.07, 6.45) is -0.218. The fraction of sp³-hybridized carbons (Fsp3) is 0.167. The van der Waals surface area contributed by atoms with Crippen LogP contribution in [0.4, 0.5) is 11.4 Å². The molecule has 6 nitrogen and oxygen atoms in total. The van der Waals surface area contributed by atoms with E-state index in [0.29, 0.717) is 11.3 Å². The highest BCUT2D eigenvalue weighted by Crippen LogP contribution is 2.35. The Morgan fingerprint density at radius 3 is 2.50 bits per heavy atom. The van der Waals surface area contributed by atoms with Crippen LogP contribution in [-0.4, -0.2) is 23.8 Å². The average Bonchev–Trinajstić information content (AvgIpc) is 2.86. The van der Waals surface area contributed by atoms with Crippen LogP contribution in [0, 0.1) is 0 Å². The number of carboxylic acid groups (broad SMARTS) is 1. The van der Waals surface area contributed by atoms with E-state index in [0.717, 1.165) is 4.90 Å². The second-order valence-electron chi connectivity index (χ2n) is 5.79. The van der Waals surface area contributed by atoms with Crippen molar-refractivity contribution in [1.82, 2.24) is 0 Å². The molecule has 1 aliphatic rings. The molecule has 0 radical (unpaired) electrons. The zero-order chi connectivity index (χ0) is 18.8. The van der Waals surface area contributed by atoms with Gasteiger partial charge in [0.25, 0.3) is 5.91 Å². The highest BCUT2D eigenvalue weighted by molar-refractivity contribution is 6.45. The SMILES string of the molecule is O=C([O-])Cc1ccc(N[C@H]2CC(=O)N(c3cccc(Cl)c3Cl)C2=O)cc1. The average molecular weight is 392 g/mol. The van der Waals surface area contributed by atoms with E-state index in [9.17, 15) is 19.5 Å². The molecule has 134 valence electrons. The van der Waals surface area contributed by atoms with Gasteiger partial charge in [0.1, 0.15) is 6.04 Å². The van der Waals surface area contributed by atoms with Gasteiger partial charge in [0.05, 0.1) is 22.2 Å². The highest BCUT2D eigenvalue weighted by atomic mass is 35.5. The van der Waals surface area contributed by atoms with Gasteiger partial charge in [0.15, 0.2) is 0 Å². The van der Waals surface area contributed by atoms with Gasteiger partial charge in [-0.2, -0.15) is 0 Å². The van der Waals surface area contributed by atoms with Crippen LogP contribution in [0.3, 0.4) is 0 Å². The molecule has 0 aromatic heterocycles. The summed E-state index contributed by atoms with van der Waals surface area (Å²) >= 11 is 12.1. The fourth-order valence-electron chi connectivity index (χ4n) is 2.75. The smallest absolute Gasteiger partial charge is 0.256 e. The van der Waals surface area contributed by atoms with Crippen LogP contribution in [0.2, 0.25) is 10.0 Å². The Morgan fingerprint density at radius 2 is 1.85 bits per heavy atom. The summed E-state index contributed by atoms with van der Waals surface area (Å²) in [6.45, 7) is 0. The summed E-state index contributed by atoms with van der Waals surface area (Å²) in [5.41, 5.74) is 1.43. The predicted octanol–water partition coefficient (Wildman–Crippen LogP) is 2.03. The van der Waals surface area contributed by atoms with Crippen molar-refractivity contribution in [3.05, 3.63) is 58.1 Å². The van der Waals surface area contributed by atoms with Crippen molar-refractivity contribution < 1.29 is 19.5 Å². The molecule has 1 fully saturated rings. The number of carbonyl (C=O) groups is 3. The van der Waals surface area contributed by atoms with Gasteiger partial charge in [-0.25, -0.2) is 4.90 Å². The molecule has 8 heteroatoms. The maximum Gasteiger partial charge on any atom is 0.256 e. The minimum atomic E-state index is -1.17. The Hall–Kier alpha value is -2.57. The molecule has 3 rings (SSSR count). The van der Waals surface area contributed by atoms with E-state index in [1.165, 1.54) is 0 Å². The number of aliphatic carboxylic acids is 1. The second kappa shape index (κ2) is 7.35. The molecule has 1 atom stereocenters. The molecule has 0 aliphatic carbocycles. The first-order chi connectivity index (χ1) is 12.4. The molecule has 1 aliphatic heterocycles. The minimum absolute atomic E-state index is 0.0253. The van der Waals surface area contributed by atoms with E-state index in [1.807, 2.05) is 0 Å². The van der Waals surface area contributed by atoms with Crippen molar-refractivity contribution in [2.75, 3.05) is 10.2 Å². The van der Waals surface area contributed by atoms with Gasteiger partial charge in [-0.3, -0.25) is 9.59 Å². The lowest BCUT2D eigenvalue weighted by Crippen LogP contribution is -2.35. The zero-order valence-electron chi connectivity index (χ0n) is 13.4. The monoisotopic (exact) mass is 391 g/mol. The second-order valence-corrected chi connectivity index (χ2v) is 6.57. The van der Waals surface area contributed by atoms with E-state index in [-0.39, 0.29) is 34.5 Å². The standard InChI is InChI=1S/C18H14Cl2N2O4/c19-12-2-1-3-14(17(12)20)22-15(23)9-13(18(22)26)21-11-6-4-10(5-7-11)8-16(24)25/h1-7,13,21H,8-9H2,(H,24,25)/p-1/t13-/m0/s1. The Kier molecular flexibility index (Phi) is 5.15. The molecule has 1 heterocycles. The molecule has 1 saturated heterocycles. The van der Waals surface area contributed by atoms with Gasteiger partial charge in [0.2, 0.25) is 5.91 Å². The van der Waals surface area contributed by atoms with Crippen molar-refractivity contribution in [2.24, 2.45) is 0 Å². The number of amides is 2. The molecular weight excluding hydrogens is 379 g/mol. The summed E-state index contributed by atoms with van der Waals surface area (Å²) < 4.78 is 0. The van der Waals surface area contributed by atoms with Crippen molar-refractivity contribution in [1.29, 1.82) is 0 Å². The number of rotatable bonds is 5. The molecule has 2 aromatic carbocycles. The quantitative estimate of drug-likeness (QED) is 0.787. The third kappa shape index (κ3) is 3.66. The number of benzene rings is 2. The van der Waals surface area contributed by atoms with Crippen LogP contribution in [0.5, 0.6) is 0 Å². The molecule has 1 N–H and O–H groups in total. The molecule has 2 amide bonds. The number of carboxylic acids is 1. The van der Waals surface area contributed by atoms with E-state index in [2.05, 4.69) is 5.32 Å². The van der Waals surface area contributed by atoms with E-state index in [4.69, 9.17) is 23.2 Å². The largest absolute Gasteiger partial charge is 0.550 e. The number of nitrogens with zero attached hydrogens (tertiary/aromatic N) is 1. The topological polar surface area (TPSA) is 89.5 Å². The van der Waals surface area contributed by atoms with Gasteiger partial charge in [-0.15, -0.1) is 0 Å². The maximum absolute atomic E-state index is 12.7. The highest BCUT2D eigenvalue weighted by Gasteiger charge is 2.40. The normalized spacial score (nSPS) is 16.8. The van der Waals surface area contributed by atoms with Gasteiger partial charge >= 0.3 is 0 Å². The fourth-order valence-corrected chi connectivity index (χ4v) is 3.13. The molecule has 0 bridgehead atoms. The van der Waals surface area contributed by atoms with Gasteiger partial charge < -0.3 is 15.2 Å². The van der Waals surface area contributed by atoms with Gasteiger partial charge in [0, 0.05) is 18.1 Å². The molecular formula is C18H13Cl2N2O4-. The molecule has 0 saturated carbocycles. The lowest BCUT2D eigenvalue weighted by Gasteiger charge is -2.18. The van der Waals surface area contributed by atoms with Crippen LogP contribution in [-0.2, 0) is 20.8 Å². The number of nitrogens with one attached hydrogen (secondary N) is 1. The number of hydrogen-bond donors (Lipinski definition) is 1. The number of hydrogen-bond acceptors (Lipinski definition) is 5. The first-order valence-electron chi connectivity index (χ1n) is 7.73. The van der Waals surface area contributed by atoms with E-state index in [1.54, 1.807) is 42.5 Å². The first-order valence-corrected chi connectivity index (χ1v) is 8.48. The van der Waals surface area contributed by atoms with Crippen molar-refractivity contribution in [3.8, 4) is 0 Å². The summed E-state index contributed by atoms with van der Waals surface area (Å²) in [4.78, 5) is 36.6. The van der Waals surface area contributed by atoms with Crippen LogP contribution in [0.1, 0.15) is 12.0 Å². The zero-order valence-corrected chi connectivity index (χ0v) is 14.9. The Morgan fingerprint density at radius 1 is 1.15 bits per heavy atom. The lowest BCUT2D eigenvalue weighted by molar-refractivity contribution is -0.304. The molecule has 2 aromatic rings. The van der Waals surface area contributed by atoms with E-state index < -0.39 is 17.9 Å². The van der Waals surface area contributed by atoms with Crippen LogP contribution in [0.15, 0.2) is 42.5 Å². The van der Waals surface area contributed by atoms with Crippen molar-refractivity contribution in [3.63, 3.8) is 0 Å². The first kappa shape index (κ1) is 18.2. The van der Waals surface area contributed by atoms with Gasteiger partial charge in [-0.05, 0) is 29.8 Å². The third-order valence-corrected chi connectivity index (χ3v) is 4.77. The van der Waals surface area contributed by atoms with E-state index >= 15 is 0 Å². The van der Waals surface area contributed by atoms with Crippen LogP contribution < -0.4 is 15.3 Å². The predicted molar refractivity (Wildman–Crippen MR) is 96.1 cm³/mol. The number of carbonyl (C=O) groups excluding carboxylic acids is 3. The summed E-state index contributed by atoms with van der Waals surface area (Å²) in [5.74, 6) is -1.99. The van der Waals surface area contributed by atoms with Crippen LogP contribution in [0.25, 0.3) is 0 Å². The van der Waals surface area contributed by atoms with Crippen molar-refractivity contribution >= 4 is 52.4 Å². The van der Waals surface area contributed by atoms with Crippen LogP contribution >= 0.6 is 23.2 Å². The molecule has 0 spiro atoms. The lowest BCUT2D eigenvalue weighted by atomic mass is 10.1. The summed E-state index contributed by atoms with van der Waals surface area (Å²) in [7, 11) is 0. The van der Waals surface area contributed by atoms with Gasteiger partial charge in [-0.1, -0.05) is 41.4 Å². The number of halogens is 2. The number of imide groups is 1. The number of anilines is 2. The minimum Gasteiger partial charge on any atom is -0.550 e. The molecule has 26 heavy (non-hydrogen) atoms. The Bertz CT molecular complexity index is 883. The summed E-state index contributed by atoms with van der Waals surface area (Å²) in [6, 6.07) is 10.5. The maximum atomic E-state index is 12.7.